The maximum Gasteiger partial charge on any atom is 0.231 e. The van der Waals surface area contributed by atoms with Crippen molar-refractivity contribution in [3.8, 4) is 11.5 Å². The van der Waals surface area contributed by atoms with E-state index in [2.05, 4.69) is 5.32 Å². The third-order valence-electron chi connectivity index (χ3n) is 3.11. The zero-order valence-electron chi connectivity index (χ0n) is 11.2. The molecule has 0 aliphatic carbocycles. The Hall–Kier alpha value is -2.70. The molecular weight excluding hydrogens is 299 g/mol. The molecule has 0 spiro atoms. The van der Waals surface area contributed by atoms with Gasteiger partial charge in [-0.05, 0) is 29.8 Å². The van der Waals surface area contributed by atoms with E-state index in [4.69, 9.17) is 9.47 Å². The molecule has 1 aliphatic rings. The molecule has 0 aromatic heterocycles. The number of carbonyl (C=O) groups excluding carboxylic acids is 1. The number of ether oxygens (including phenoxy) is 2. The van der Waals surface area contributed by atoms with Crippen LogP contribution in [0.4, 0.5) is 18.9 Å². The highest BCUT2D eigenvalue weighted by Crippen LogP contribution is 2.32. The molecule has 1 N–H and O–H groups in total. The molecule has 7 heteroatoms. The van der Waals surface area contributed by atoms with E-state index in [1.807, 2.05) is 0 Å². The third-order valence-corrected chi connectivity index (χ3v) is 3.11. The molecule has 0 fully saturated rings. The van der Waals surface area contributed by atoms with E-state index < -0.39 is 29.0 Å². The van der Waals surface area contributed by atoms with Gasteiger partial charge >= 0.3 is 0 Å². The Bertz CT molecular complexity index is 749. The minimum atomic E-state index is -1.62. The number of hydrogen-bond acceptors (Lipinski definition) is 3. The Balaban J connectivity index is 1.72. The Morgan fingerprint density at radius 1 is 1.05 bits per heavy atom. The van der Waals surface area contributed by atoms with E-state index in [1.165, 1.54) is 0 Å². The number of hydrogen-bond donors (Lipinski definition) is 1. The number of anilines is 1. The molecular formula is C15H10F3NO3. The van der Waals surface area contributed by atoms with E-state index in [0.29, 0.717) is 17.1 Å². The SMILES string of the molecule is O=C(Cc1ccc2c(c1)OCO2)Nc1ccc(F)c(F)c1F. The predicted octanol–water partition coefficient (Wildman–Crippen LogP) is 3.01. The van der Waals surface area contributed by atoms with E-state index in [9.17, 15) is 18.0 Å². The minimum absolute atomic E-state index is 0.0743. The second kappa shape index (κ2) is 5.59. The molecule has 0 saturated carbocycles. The average molecular weight is 309 g/mol. The summed E-state index contributed by atoms with van der Waals surface area (Å²) < 4.78 is 49.7. The van der Waals surface area contributed by atoms with Crippen LogP contribution in [0.25, 0.3) is 0 Å². The lowest BCUT2D eigenvalue weighted by atomic mass is 10.1. The maximum atomic E-state index is 13.5. The lowest BCUT2D eigenvalue weighted by molar-refractivity contribution is -0.115. The van der Waals surface area contributed by atoms with Crippen molar-refractivity contribution in [2.75, 3.05) is 12.1 Å². The Labute approximate surface area is 123 Å². The van der Waals surface area contributed by atoms with Gasteiger partial charge in [0.25, 0.3) is 0 Å². The topological polar surface area (TPSA) is 47.6 Å². The van der Waals surface area contributed by atoms with Gasteiger partial charge in [0.1, 0.15) is 0 Å². The largest absolute Gasteiger partial charge is 0.454 e. The van der Waals surface area contributed by atoms with Crippen LogP contribution in [0.2, 0.25) is 0 Å². The van der Waals surface area contributed by atoms with Crippen molar-refractivity contribution in [1.29, 1.82) is 0 Å². The van der Waals surface area contributed by atoms with Gasteiger partial charge in [-0.1, -0.05) is 6.07 Å². The molecule has 3 rings (SSSR count). The van der Waals surface area contributed by atoms with Crippen molar-refractivity contribution < 1.29 is 27.4 Å². The normalized spacial score (nSPS) is 12.3. The molecule has 0 unspecified atom stereocenters. The molecule has 1 amide bonds. The Morgan fingerprint density at radius 3 is 2.64 bits per heavy atom. The van der Waals surface area contributed by atoms with Crippen LogP contribution in [-0.2, 0) is 11.2 Å². The summed E-state index contributed by atoms with van der Waals surface area (Å²) in [5, 5.41) is 2.20. The second-order valence-electron chi connectivity index (χ2n) is 4.64. The summed E-state index contributed by atoms with van der Waals surface area (Å²) in [6, 6.07) is 6.65. The third kappa shape index (κ3) is 2.69. The highest BCUT2D eigenvalue weighted by Gasteiger charge is 2.17. The number of benzene rings is 2. The van der Waals surface area contributed by atoms with Crippen molar-refractivity contribution >= 4 is 11.6 Å². The van der Waals surface area contributed by atoms with Crippen molar-refractivity contribution in [3.63, 3.8) is 0 Å². The number of rotatable bonds is 3. The molecule has 2 aromatic carbocycles. The van der Waals surface area contributed by atoms with Crippen LogP contribution >= 0.6 is 0 Å². The van der Waals surface area contributed by atoms with Crippen LogP contribution in [0, 0.1) is 17.5 Å². The highest BCUT2D eigenvalue weighted by molar-refractivity contribution is 5.92. The Kier molecular flexibility index (Phi) is 3.62. The van der Waals surface area contributed by atoms with Gasteiger partial charge in [-0.2, -0.15) is 0 Å². The maximum absolute atomic E-state index is 13.5. The van der Waals surface area contributed by atoms with E-state index in [0.717, 1.165) is 12.1 Å². The lowest BCUT2D eigenvalue weighted by Gasteiger charge is -2.08. The number of nitrogens with one attached hydrogen (secondary N) is 1. The van der Waals surface area contributed by atoms with Crippen molar-refractivity contribution in [2.24, 2.45) is 0 Å². The molecule has 0 atom stereocenters. The van der Waals surface area contributed by atoms with Crippen LogP contribution in [0.3, 0.4) is 0 Å². The first-order valence-electron chi connectivity index (χ1n) is 6.36. The van der Waals surface area contributed by atoms with Crippen molar-refractivity contribution in [1.82, 2.24) is 0 Å². The molecule has 1 heterocycles. The standard InChI is InChI=1S/C15H10F3NO3/c16-9-2-3-10(15(18)14(9)17)19-13(20)6-8-1-4-11-12(5-8)22-7-21-11/h1-5H,6-7H2,(H,19,20). The minimum Gasteiger partial charge on any atom is -0.454 e. The van der Waals surface area contributed by atoms with Gasteiger partial charge in [-0.3, -0.25) is 4.79 Å². The Morgan fingerprint density at radius 2 is 1.82 bits per heavy atom. The van der Waals surface area contributed by atoms with Crippen LogP contribution in [0.15, 0.2) is 30.3 Å². The number of carbonyl (C=O) groups is 1. The van der Waals surface area contributed by atoms with Gasteiger partial charge in [0.05, 0.1) is 12.1 Å². The summed E-state index contributed by atoms with van der Waals surface area (Å²) in [5.74, 6) is -3.84. The molecule has 4 nitrogen and oxygen atoms in total. The van der Waals surface area contributed by atoms with Crippen LogP contribution < -0.4 is 14.8 Å². The monoisotopic (exact) mass is 309 g/mol. The smallest absolute Gasteiger partial charge is 0.231 e. The van der Waals surface area contributed by atoms with Gasteiger partial charge in [-0.25, -0.2) is 13.2 Å². The summed E-state index contributed by atoms with van der Waals surface area (Å²) in [6.45, 7) is 0.116. The summed E-state index contributed by atoms with van der Waals surface area (Å²) in [5.41, 5.74) is 0.203. The molecule has 0 bridgehead atoms. The van der Waals surface area contributed by atoms with Crippen LogP contribution in [-0.4, -0.2) is 12.7 Å². The van der Waals surface area contributed by atoms with E-state index in [1.54, 1.807) is 18.2 Å². The first-order valence-corrected chi connectivity index (χ1v) is 6.36. The molecule has 114 valence electrons. The van der Waals surface area contributed by atoms with Gasteiger partial charge < -0.3 is 14.8 Å². The van der Waals surface area contributed by atoms with Gasteiger partial charge in [0, 0.05) is 0 Å². The van der Waals surface area contributed by atoms with E-state index in [-0.39, 0.29) is 13.2 Å². The number of fused-ring (bicyclic) bond motifs is 1. The molecule has 1 aliphatic heterocycles. The number of amides is 1. The molecule has 0 saturated heterocycles. The zero-order chi connectivity index (χ0) is 15.7. The fraction of sp³-hybridized carbons (Fsp3) is 0.133. The van der Waals surface area contributed by atoms with Gasteiger partial charge in [0.2, 0.25) is 12.7 Å². The fourth-order valence-electron chi connectivity index (χ4n) is 2.05. The van der Waals surface area contributed by atoms with Gasteiger partial charge in [-0.15, -0.1) is 0 Å². The molecule has 2 aromatic rings. The quantitative estimate of drug-likeness (QED) is 0.887. The van der Waals surface area contributed by atoms with Crippen LogP contribution in [0.5, 0.6) is 11.5 Å². The summed E-state index contributed by atoms with van der Waals surface area (Å²) in [4.78, 5) is 11.9. The van der Waals surface area contributed by atoms with Gasteiger partial charge in [0.15, 0.2) is 29.0 Å². The summed E-state index contributed by atoms with van der Waals surface area (Å²) in [7, 11) is 0. The first kappa shape index (κ1) is 14.2. The summed E-state index contributed by atoms with van der Waals surface area (Å²) >= 11 is 0. The predicted molar refractivity (Wildman–Crippen MR) is 71.2 cm³/mol. The lowest BCUT2D eigenvalue weighted by Crippen LogP contribution is -2.16. The first-order chi connectivity index (χ1) is 10.5. The zero-order valence-corrected chi connectivity index (χ0v) is 11.2. The fourth-order valence-corrected chi connectivity index (χ4v) is 2.05. The van der Waals surface area contributed by atoms with Crippen LogP contribution in [0.1, 0.15) is 5.56 Å². The average Bonchev–Trinajstić information content (AvgIpc) is 2.95. The van der Waals surface area contributed by atoms with Crippen molar-refractivity contribution in [3.05, 3.63) is 53.3 Å². The highest BCUT2D eigenvalue weighted by atomic mass is 19.2. The summed E-state index contributed by atoms with van der Waals surface area (Å²) in [6.07, 6.45) is -0.0743. The van der Waals surface area contributed by atoms with Crippen molar-refractivity contribution in [2.45, 2.75) is 6.42 Å². The molecule has 0 radical (unpaired) electrons. The number of halogens is 3. The molecule has 22 heavy (non-hydrogen) atoms. The second-order valence-corrected chi connectivity index (χ2v) is 4.64. The van der Waals surface area contributed by atoms with E-state index >= 15 is 0 Å².